The molecule has 2 rings (SSSR count). The standard InChI is InChI=1S/C15H19N3O3/c1-21-11-14(19)7-9-16-15(20)12-3-5-13(6-4-12)18-10-2-8-17-18/h2-6,8,10,14,19H,7,9,11H2,1H3,(H,16,20). The van der Waals surface area contributed by atoms with Gasteiger partial charge in [0.2, 0.25) is 0 Å². The van der Waals surface area contributed by atoms with E-state index in [2.05, 4.69) is 10.4 Å². The van der Waals surface area contributed by atoms with Crippen LogP contribution in [-0.2, 0) is 4.74 Å². The van der Waals surface area contributed by atoms with Gasteiger partial charge in [-0.25, -0.2) is 4.68 Å². The number of nitrogens with zero attached hydrogens (tertiary/aromatic N) is 2. The van der Waals surface area contributed by atoms with Gasteiger partial charge < -0.3 is 15.2 Å². The minimum absolute atomic E-state index is 0.161. The third-order valence-corrected chi connectivity index (χ3v) is 3.02. The zero-order valence-electron chi connectivity index (χ0n) is 11.9. The van der Waals surface area contributed by atoms with Crippen molar-refractivity contribution >= 4 is 5.91 Å². The number of ether oxygens (including phenoxy) is 1. The number of carbonyl (C=O) groups is 1. The van der Waals surface area contributed by atoms with Crippen molar-refractivity contribution in [2.24, 2.45) is 0 Å². The molecule has 1 aromatic heterocycles. The van der Waals surface area contributed by atoms with Gasteiger partial charge in [0.15, 0.2) is 0 Å². The zero-order chi connectivity index (χ0) is 15.1. The molecule has 0 radical (unpaired) electrons. The molecule has 0 saturated heterocycles. The Morgan fingerprint density at radius 2 is 2.19 bits per heavy atom. The molecule has 1 heterocycles. The van der Waals surface area contributed by atoms with E-state index in [-0.39, 0.29) is 12.5 Å². The molecule has 21 heavy (non-hydrogen) atoms. The lowest BCUT2D eigenvalue weighted by Gasteiger charge is -2.10. The summed E-state index contributed by atoms with van der Waals surface area (Å²) in [5, 5.41) is 16.4. The predicted molar refractivity (Wildman–Crippen MR) is 78.4 cm³/mol. The number of hydrogen-bond acceptors (Lipinski definition) is 4. The Kier molecular flexibility index (Phi) is 5.48. The molecule has 0 aliphatic carbocycles. The van der Waals surface area contributed by atoms with Gasteiger partial charge in [-0.1, -0.05) is 0 Å². The van der Waals surface area contributed by atoms with Crippen molar-refractivity contribution in [2.75, 3.05) is 20.3 Å². The van der Waals surface area contributed by atoms with Crippen LogP contribution in [0.25, 0.3) is 5.69 Å². The fourth-order valence-electron chi connectivity index (χ4n) is 1.92. The summed E-state index contributed by atoms with van der Waals surface area (Å²) in [6, 6.07) is 9.01. The second-order valence-electron chi connectivity index (χ2n) is 4.65. The molecule has 6 nitrogen and oxygen atoms in total. The summed E-state index contributed by atoms with van der Waals surface area (Å²) in [7, 11) is 1.53. The molecule has 1 aromatic carbocycles. The van der Waals surface area contributed by atoms with Crippen molar-refractivity contribution in [3.63, 3.8) is 0 Å². The summed E-state index contributed by atoms with van der Waals surface area (Å²) in [6.07, 6.45) is 3.45. The van der Waals surface area contributed by atoms with E-state index >= 15 is 0 Å². The van der Waals surface area contributed by atoms with E-state index in [1.165, 1.54) is 7.11 Å². The first-order valence-electron chi connectivity index (χ1n) is 6.76. The molecule has 2 N–H and O–H groups in total. The minimum Gasteiger partial charge on any atom is -0.391 e. The Bertz CT molecular complexity index is 552. The van der Waals surface area contributed by atoms with E-state index in [9.17, 15) is 9.90 Å². The van der Waals surface area contributed by atoms with Gasteiger partial charge in [0.25, 0.3) is 5.91 Å². The van der Waals surface area contributed by atoms with Gasteiger partial charge in [0, 0.05) is 31.6 Å². The molecule has 0 spiro atoms. The topological polar surface area (TPSA) is 76.4 Å². The number of rotatable bonds is 7. The van der Waals surface area contributed by atoms with E-state index in [1.807, 2.05) is 24.4 Å². The molecule has 0 aliphatic rings. The molecule has 6 heteroatoms. The highest BCUT2D eigenvalue weighted by Crippen LogP contribution is 2.08. The molecule has 0 bridgehead atoms. The lowest BCUT2D eigenvalue weighted by Crippen LogP contribution is -2.28. The highest BCUT2D eigenvalue weighted by molar-refractivity contribution is 5.94. The van der Waals surface area contributed by atoms with E-state index in [4.69, 9.17) is 4.74 Å². The molecular formula is C15H19N3O3. The van der Waals surface area contributed by atoms with Gasteiger partial charge in [-0.15, -0.1) is 0 Å². The average Bonchev–Trinajstić information content (AvgIpc) is 3.02. The Balaban J connectivity index is 1.85. The molecule has 1 amide bonds. The van der Waals surface area contributed by atoms with Gasteiger partial charge in [-0.2, -0.15) is 5.10 Å². The highest BCUT2D eigenvalue weighted by atomic mass is 16.5. The summed E-state index contributed by atoms with van der Waals surface area (Å²) in [6.45, 7) is 0.679. The van der Waals surface area contributed by atoms with E-state index < -0.39 is 6.10 Å². The van der Waals surface area contributed by atoms with E-state index in [1.54, 1.807) is 23.0 Å². The second-order valence-corrected chi connectivity index (χ2v) is 4.65. The summed E-state index contributed by atoms with van der Waals surface area (Å²) in [5.74, 6) is -0.161. The lowest BCUT2D eigenvalue weighted by atomic mass is 10.2. The van der Waals surface area contributed by atoms with E-state index in [0.717, 1.165) is 5.69 Å². The van der Waals surface area contributed by atoms with Gasteiger partial charge in [0.05, 0.1) is 18.4 Å². The van der Waals surface area contributed by atoms with Crippen molar-refractivity contribution in [3.8, 4) is 5.69 Å². The SMILES string of the molecule is COCC(O)CCNC(=O)c1ccc(-n2cccn2)cc1. The van der Waals surface area contributed by atoms with Crippen LogP contribution in [0.2, 0.25) is 0 Å². The van der Waals surface area contributed by atoms with Crippen molar-refractivity contribution in [3.05, 3.63) is 48.3 Å². The smallest absolute Gasteiger partial charge is 0.251 e. The zero-order valence-corrected chi connectivity index (χ0v) is 11.9. The molecule has 1 unspecified atom stereocenters. The maximum Gasteiger partial charge on any atom is 0.251 e. The number of carbonyl (C=O) groups excluding carboxylic acids is 1. The average molecular weight is 289 g/mol. The first-order valence-corrected chi connectivity index (χ1v) is 6.76. The van der Waals surface area contributed by atoms with Gasteiger partial charge in [-0.3, -0.25) is 4.79 Å². The largest absolute Gasteiger partial charge is 0.391 e. The highest BCUT2D eigenvalue weighted by Gasteiger charge is 2.07. The van der Waals surface area contributed by atoms with Crippen molar-refractivity contribution in [1.82, 2.24) is 15.1 Å². The van der Waals surface area contributed by atoms with Crippen molar-refractivity contribution in [1.29, 1.82) is 0 Å². The molecule has 112 valence electrons. The summed E-state index contributed by atoms with van der Waals surface area (Å²) in [4.78, 5) is 11.9. The van der Waals surface area contributed by atoms with Gasteiger partial charge >= 0.3 is 0 Å². The lowest BCUT2D eigenvalue weighted by molar-refractivity contribution is 0.0587. The third-order valence-electron chi connectivity index (χ3n) is 3.02. The normalized spacial score (nSPS) is 12.1. The number of aliphatic hydroxyl groups is 1. The molecule has 2 aromatic rings. The van der Waals surface area contributed by atoms with Crippen LogP contribution in [0.4, 0.5) is 0 Å². The fourth-order valence-corrected chi connectivity index (χ4v) is 1.92. The van der Waals surface area contributed by atoms with Crippen LogP contribution >= 0.6 is 0 Å². The molecular weight excluding hydrogens is 270 g/mol. The Morgan fingerprint density at radius 1 is 1.43 bits per heavy atom. The molecule has 0 fully saturated rings. The van der Waals surface area contributed by atoms with Crippen LogP contribution in [0.3, 0.4) is 0 Å². The predicted octanol–water partition coefficient (Wildman–Crippen LogP) is 0.999. The summed E-state index contributed by atoms with van der Waals surface area (Å²) in [5.41, 5.74) is 1.47. The van der Waals surface area contributed by atoms with Crippen molar-refractivity contribution in [2.45, 2.75) is 12.5 Å². The van der Waals surface area contributed by atoms with E-state index in [0.29, 0.717) is 18.5 Å². The molecule has 0 saturated carbocycles. The van der Waals surface area contributed by atoms with Crippen molar-refractivity contribution < 1.29 is 14.6 Å². The van der Waals surface area contributed by atoms with Crippen LogP contribution in [0, 0.1) is 0 Å². The Labute approximate surface area is 123 Å². The first kappa shape index (κ1) is 15.2. The Morgan fingerprint density at radius 3 is 2.81 bits per heavy atom. The van der Waals surface area contributed by atoms with Crippen LogP contribution < -0.4 is 5.32 Å². The number of aliphatic hydroxyl groups excluding tert-OH is 1. The number of amides is 1. The number of hydrogen-bond donors (Lipinski definition) is 2. The summed E-state index contributed by atoms with van der Waals surface area (Å²) < 4.78 is 6.55. The minimum atomic E-state index is -0.558. The molecule has 0 aliphatic heterocycles. The number of aromatic nitrogens is 2. The fraction of sp³-hybridized carbons (Fsp3) is 0.333. The van der Waals surface area contributed by atoms with Crippen LogP contribution in [-0.4, -0.2) is 47.2 Å². The number of methoxy groups -OCH3 is 1. The van der Waals surface area contributed by atoms with Crippen LogP contribution in [0.1, 0.15) is 16.8 Å². The number of benzene rings is 1. The molecule has 1 atom stereocenters. The van der Waals surface area contributed by atoms with Crippen LogP contribution in [0.15, 0.2) is 42.7 Å². The third kappa shape index (κ3) is 4.40. The van der Waals surface area contributed by atoms with Gasteiger partial charge in [-0.05, 0) is 36.8 Å². The maximum atomic E-state index is 11.9. The monoisotopic (exact) mass is 289 g/mol. The Hall–Kier alpha value is -2.18. The first-order chi connectivity index (χ1) is 10.2. The second kappa shape index (κ2) is 7.56. The summed E-state index contributed by atoms with van der Waals surface area (Å²) >= 11 is 0. The van der Waals surface area contributed by atoms with Gasteiger partial charge in [0.1, 0.15) is 0 Å². The maximum absolute atomic E-state index is 11.9. The quantitative estimate of drug-likeness (QED) is 0.797. The number of nitrogens with one attached hydrogen (secondary N) is 1. The van der Waals surface area contributed by atoms with Crippen LogP contribution in [0.5, 0.6) is 0 Å².